The summed E-state index contributed by atoms with van der Waals surface area (Å²) >= 11 is 0. The number of hydrogen-bond donors (Lipinski definition) is 15. The maximum Gasteiger partial charge on any atom is 0.205 e. The Hall–Kier alpha value is -8.40. The van der Waals surface area contributed by atoms with E-state index < -0.39 is 135 Å². The second-order valence-corrected chi connectivity index (χ2v) is 13.1. The zero-order valence-electron chi connectivity index (χ0n) is 27.8. The first kappa shape index (κ1) is 33.4. The van der Waals surface area contributed by atoms with Crippen molar-refractivity contribution in [3.05, 3.63) is 54.6 Å². The molecule has 1 aromatic heterocycles. The van der Waals surface area contributed by atoms with E-state index in [4.69, 9.17) is 4.42 Å². The number of aromatic hydroxyl groups is 15. The number of phenolic OH excluding ortho intramolecular Hbond substituents is 15. The summed E-state index contributed by atoms with van der Waals surface area (Å²) in [5.74, 6) is -20.2. The molecule has 0 saturated carbocycles. The van der Waals surface area contributed by atoms with Gasteiger partial charge in [0.1, 0.15) is 16.9 Å². The van der Waals surface area contributed by atoms with Crippen LogP contribution in [-0.4, -0.2) is 76.6 Å². The third kappa shape index (κ3) is 3.95. The Morgan fingerprint density at radius 3 is 1.18 bits per heavy atom. The Balaban J connectivity index is 1.55. The highest BCUT2D eigenvalue weighted by atomic mass is 16.4. The lowest BCUT2D eigenvalue weighted by Crippen LogP contribution is -1.96. The predicted molar refractivity (Wildman–Crippen MR) is 200 cm³/mol. The number of fused-ring (bicyclic) bond motifs is 7. The molecule has 15 N–H and O–H groups in total. The number of hydrogen-bond acceptors (Lipinski definition) is 16. The highest BCUT2D eigenvalue weighted by molar-refractivity contribution is 6.31. The quantitative estimate of drug-likeness (QED) is 0.0474. The first-order valence-corrected chi connectivity index (χ1v) is 16.2. The van der Waals surface area contributed by atoms with Crippen molar-refractivity contribution in [2.75, 3.05) is 0 Å². The van der Waals surface area contributed by atoms with Crippen LogP contribution < -0.4 is 0 Å². The summed E-state index contributed by atoms with van der Waals surface area (Å²) < 4.78 is 6.09. The molecule has 280 valence electrons. The van der Waals surface area contributed by atoms with Crippen molar-refractivity contribution in [1.29, 1.82) is 0 Å². The van der Waals surface area contributed by atoms with Gasteiger partial charge in [-0.25, -0.2) is 0 Å². The molecule has 56 heavy (non-hydrogen) atoms. The van der Waals surface area contributed by atoms with Crippen LogP contribution in [0.4, 0.5) is 0 Å². The number of furan rings is 1. The van der Waals surface area contributed by atoms with Gasteiger partial charge in [0.05, 0.1) is 16.3 Å². The molecule has 0 aliphatic carbocycles. The molecule has 8 aromatic carbocycles. The van der Waals surface area contributed by atoms with Gasteiger partial charge in [0.25, 0.3) is 0 Å². The van der Waals surface area contributed by atoms with Crippen LogP contribution in [0.25, 0.3) is 87.3 Å². The molecule has 0 aliphatic rings. The van der Waals surface area contributed by atoms with Gasteiger partial charge in [0.2, 0.25) is 34.5 Å². The third-order valence-electron chi connectivity index (χ3n) is 10.2. The van der Waals surface area contributed by atoms with Crippen molar-refractivity contribution in [1.82, 2.24) is 0 Å². The van der Waals surface area contributed by atoms with Crippen molar-refractivity contribution in [3.63, 3.8) is 0 Å². The molecule has 0 bridgehead atoms. The molecular weight excluding hydrogens is 736 g/mol. The highest BCUT2D eigenvalue weighted by Gasteiger charge is 2.37. The molecule has 9 rings (SSSR count). The van der Waals surface area contributed by atoms with E-state index in [2.05, 4.69) is 0 Å². The lowest BCUT2D eigenvalue weighted by Gasteiger charge is -2.24. The zero-order valence-corrected chi connectivity index (χ0v) is 27.8. The smallest absolute Gasteiger partial charge is 0.205 e. The molecule has 0 saturated heterocycles. The van der Waals surface area contributed by atoms with E-state index in [1.807, 2.05) is 30.3 Å². The third-order valence-corrected chi connectivity index (χ3v) is 10.2. The van der Waals surface area contributed by atoms with Gasteiger partial charge in [0.15, 0.2) is 46.0 Å². The van der Waals surface area contributed by atoms with E-state index in [0.717, 1.165) is 10.8 Å². The average Bonchev–Trinajstić information content (AvgIpc) is 3.55. The topological polar surface area (TPSA) is 317 Å². The van der Waals surface area contributed by atoms with Gasteiger partial charge >= 0.3 is 0 Å². The normalized spacial score (nSPS) is 11.9. The number of rotatable bonds is 2. The van der Waals surface area contributed by atoms with Crippen molar-refractivity contribution in [2.45, 2.75) is 0 Å². The monoisotopic (exact) mass is 760 g/mol. The second kappa shape index (κ2) is 10.8. The van der Waals surface area contributed by atoms with Crippen LogP contribution in [0.15, 0.2) is 59.0 Å². The van der Waals surface area contributed by atoms with Crippen molar-refractivity contribution < 1.29 is 81.0 Å². The second-order valence-electron chi connectivity index (χ2n) is 13.1. The average molecular weight is 761 g/mol. The van der Waals surface area contributed by atoms with Crippen LogP contribution in [0.5, 0.6) is 86.2 Å². The van der Waals surface area contributed by atoms with E-state index in [1.54, 1.807) is 6.07 Å². The summed E-state index contributed by atoms with van der Waals surface area (Å²) in [5, 5.41) is 164. The molecule has 0 aliphatic heterocycles. The van der Waals surface area contributed by atoms with Crippen LogP contribution >= 0.6 is 0 Å². The standard InChI is InChI=1S/C40H24O16/c41-26-23(31(46)32(47)25-24(26)33(48)39(54)40(55)34(25)49)18-21-19(27(42)35(50)37(52)29(21)44)17(20-22(18)30(45)38(53)36(51)28(20)43)12-5-6-15-13(8-12)14-7-10-3-1-2-4-11(10)9-16(14)56-15/h1-9,41-55H. The van der Waals surface area contributed by atoms with Gasteiger partial charge in [-0.15, -0.1) is 0 Å². The molecule has 0 amide bonds. The molecule has 16 heteroatoms. The minimum Gasteiger partial charge on any atom is -0.506 e. The Kier molecular flexibility index (Phi) is 6.47. The van der Waals surface area contributed by atoms with Gasteiger partial charge in [0, 0.05) is 43.4 Å². The van der Waals surface area contributed by atoms with Gasteiger partial charge in [-0.05, 0) is 40.6 Å². The largest absolute Gasteiger partial charge is 0.506 e. The van der Waals surface area contributed by atoms with E-state index in [-0.39, 0.29) is 5.56 Å². The fourth-order valence-corrected chi connectivity index (χ4v) is 7.65. The van der Waals surface area contributed by atoms with Gasteiger partial charge in [-0.3, -0.25) is 0 Å². The fraction of sp³-hybridized carbons (Fsp3) is 0. The molecule has 9 aromatic rings. The van der Waals surface area contributed by atoms with Crippen LogP contribution in [0.1, 0.15) is 0 Å². The van der Waals surface area contributed by atoms with Gasteiger partial charge in [-0.1, -0.05) is 30.3 Å². The Morgan fingerprint density at radius 2 is 0.679 bits per heavy atom. The van der Waals surface area contributed by atoms with E-state index in [9.17, 15) is 76.6 Å². The summed E-state index contributed by atoms with van der Waals surface area (Å²) in [7, 11) is 0. The SMILES string of the molecule is Oc1c(O)c(O)c2c(O)c(-c3c4c(O)c(O)c(O)c(O)c4c(-c4ccc5oc6cc7ccccc7cc6c5c4)c4c(O)c(O)c(O)c(O)c34)c(O)c(O)c2c1O. The van der Waals surface area contributed by atoms with Crippen LogP contribution in [0.2, 0.25) is 0 Å². The van der Waals surface area contributed by atoms with E-state index >= 15 is 0 Å². The van der Waals surface area contributed by atoms with Crippen LogP contribution in [0, 0.1) is 0 Å². The molecule has 0 unspecified atom stereocenters. The summed E-state index contributed by atoms with van der Waals surface area (Å²) in [4.78, 5) is 0. The predicted octanol–water partition coefficient (Wildman–Crippen LogP) is 7.12. The Labute approximate surface area is 308 Å². The Morgan fingerprint density at radius 1 is 0.286 bits per heavy atom. The van der Waals surface area contributed by atoms with Crippen molar-refractivity contribution >= 4 is 65.0 Å². The lowest BCUT2D eigenvalue weighted by molar-refractivity contribution is 0.347. The molecule has 0 radical (unpaired) electrons. The Bertz CT molecular complexity index is 3230. The summed E-state index contributed by atoms with van der Waals surface area (Å²) in [6.45, 7) is 0. The van der Waals surface area contributed by atoms with E-state index in [0.29, 0.717) is 21.9 Å². The van der Waals surface area contributed by atoms with Crippen LogP contribution in [0.3, 0.4) is 0 Å². The molecule has 0 spiro atoms. The van der Waals surface area contributed by atoms with Crippen LogP contribution in [-0.2, 0) is 0 Å². The summed E-state index contributed by atoms with van der Waals surface area (Å²) in [6, 6.07) is 15.4. The molecular formula is C40H24O16. The maximum atomic E-state index is 11.7. The first-order chi connectivity index (χ1) is 26.6. The molecule has 1 heterocycles. The highest BCUT2D eigenvalue weighted by Crippen LogP contribution is 2.66. The molecule has 0 atom stereocenters. The summed E-state index contributed by atoms with van der Waals surface area (Å²) in [6.07, 6.45) is 0. The fourth-order valence-electron chi connectivity index (χ4n) is 7.65. The van der Waals surface area contributed by atoms with Crippen molar-refractivity contribution in [2.24, 2.45) is 0 Å². The lowest BCUT2D eigenvalue weighted by atomic mass is 9.82. The first-order valence-electron chi connectivity index (χ1n) is 16.2. The van der Waals surface area contributed by atoms with Gasteiger partial charge < -0.3 is 81.0 Å². The minimum absolute atomic E-state index is 0.00672. The summed E-state index contributed by atoms with van der Waals surface area (Å²) in [5.41, 5.74) is -1.67. The molecule has 16 nitrogen and oxygen atoms in total. The van der Waals surface area contributed by atoms with Crippen molar-refractivity contribution in [3.8, 4) is 108 Å². The van der Waals surface area contributed by atoms with Gasteiger partial charge in [-0.2, -0.15) is 0 Å². The number of phenols is 15. The zero-order chi connectivity index (χ0) is 40.0. The number of benzene rings is 8. The maximum absolute atomic E-state index is 11.7. The molecule has 0 fully saturated rings. The minimum atomic E-state index is -1.44. The van der Waals surface area contributed by atoms with E-state index in [1.165, 1.54) is 18.2 Å².